The van der Waals surface area contributed by atoms with Gasteiger partial charge in [0.1, 0.15) is 5.82 Å². The molecule has 1 fully saturated rings. The Labute approximate surface area is 185 Å². The van der Waals surface area contributed by atoms with Gasteiger partial charge in [0.15, 0.2) is 11.5 Å². The second-order valence-corrected chi connectivity index (χ2v) is 7.71. The fourth-order valence-corrected chi connectivity index (χ4v) is 4.00. The number of carbonyl (C=O) groups is 1. The molecular formula is C21H25BrClFN2O3. The highest BCUT2D eigenvalue weighted by atomic mass is 79.9. The van der Waals surface area contributed by atoms with Crippen molar-refractivity contribution in [2.45, 2.75) is 25.4 Å². The first-order valence-corrected chi connectivity index (χ1v) is 9.99. The molecule has 0 saturated carbocycles. The van der Waals surface area contributed by atoms with E-state index in [0.29, 0.717) is 23.6 Å². The lowest BCUT2D eigenvalue weighted by molar-refractivity contribution is 0.0936. The van der Waals surface area contributed by atoms with E-state index >= 15 is 0 Å². The van der Waals surface area contributed by atoms with Gasteiger partial charge in [-0.3, -0.25) is 9.69 Å². The molecular weight excluding hydrogens is 463 g/mol. The average Bonchev–Trinajstić information content (AvgIpc) is 3.14. The van der Waals surface area contributed by atoms with E-state index in [-0.39, 0.29) is 30.2 Å². The van der Waals surface area contributed by atoms with Gasteiger partial charge in [-0.15, -0.1) is 12.4 Å². The molecule has 2 aromatic rings. The van der Waals surface area contributed by atoms with E-state index in [9.17, 15) is 9.18 Å². The van der Waals surface area contributed by atoms with Crippen molar-refractivity contribution in [1.82, 2.24) is 10.2 Å². The van der Waals surface area contributed by atoms with Gasteiger partial charge in [0.2, 0.25) is 0 Å². The number of hydrogen-bond acceptors (Lipinski definition) is 4. The lowest BCUT2D eigenvalue weighted by Crippen LogP contribution is -2.39. The number of hydrogen-bond donors (Lipinski definition) is 1. The van der Waals surface area contributed by atoms with Crippen molar-refractivity contribution in [2.75, 3.05) is 27.3 Å². The Hall–Kier alpha value is -1.83. The van der Waals surface area contributed by atoms with Crippen molar-refractivity contribution in [3.63, 3.8) is 0 Å². The van der Waals surface area contributed by atoms with Gasteiger partial charge in [0.25, 0.3) is 5.91 Å². The lowest BCUT2D eigenvalue weighted by atomic mass is 10.1. The highest BCUT2D eigenvalue weighted by molar-refractivity contribution is 9.10. The maximum absolute atomic E-state index is 13.1. The fraction of sp³-hybridized carbons (Fsp3) is 0.381. The zero-order valence-electron chi connectivity index (χ0n) is 16.4. The van der Waals surface area contributed by atoms with Crippen LogP contribution in [0, 0.1) is 5.82 Å². The normalized spacial score (nSPS) is 16.2. The topological polar surface area (TPSA) is 50.8 Å². The van der Waals surface area contributed by atoms with Gasteiger partial charge < -0.3 is 14.8 Å². The van der Waals surface area contributed by atoms with Crippen molar-refractivity contribution < 1.29 is 18.7 Å². The summed E-state index contributed by atoms with van der Waals surface area (Å²) < 4.78 is 24.5. The molecule has 158 valence electrons. The van der Waals surface area contributed by atoms with Crippen molar-refractivity contribution in [3.05, 3.63) is 57.8 Å². The van der Waals surface area contributed by atoms with Crippen molar-refractivity contribution in [1.29, 1.82) is 0 Å². The summed E-state index contributed by atoms with van der Waals surface area (Å²) in [5, 5.41) is 3.02. The van der Waals surface area contributed by atoms with E-state index in [4.69, 9.17) is 9.47 Å². The number of ether oxygens (including phenoxy) is 2. The number of methoxy groups -OCH3 is 2. The zero-order valence-corrected chi connectivity index (χ0v) is 18.8. The first-order chi connectivity index (χ1) is 13.5. The molecule has 29 heavy (non-hydrogen) atoms. The second kappa shape index (κ2) is 10.8. The Morgan fingerprint density at radius 3 is 2.62 bits per heavy atom. The van der Waals surface area contributed by atoms with E-state index in [2.05, 4.69) is 26.1 Å². The molecule has 0 aliphatic carbocycles. The quantitative estimate of drug-likeness (QED) is 0.628. The van der Waals surface area contributed by atoms with Gasteiger partial charge in [-0.05, 0) is 49.2 Å². The van der Waals surface area contributed by atoms with Crippen LogP contribution in [0.3, 0.4) is 0 Å². The summed E-state index contributed by atoms with van der Waals surface area (Å²) in [5.41, 5.74) is 1.50. The Bertz CT molecular complexity index is 835. The van der Waals surface area contributed by atoms with Gasteiger partial charge >= 0.3 is 0 Å². The summed E-state index contributed by atoms with van der Waals surface area (Å²) >= 11 is 3.40. The first kappa shape index (κ1) is 23.4. The van der Waals surface area contributed by atoms with Crippen LogP contribution in [-0.4, -0.2) is 44.2 Å². The summed E-state index contributed by atoms with van der Waals surface area (Å²) in [5.74, 6) is 0.482. The number of benzene rings is 2. The van der Waals surface area contributed by atoms with E-state index in [1.165, 1.54) is 26.4 Å². The summed E-state index contributed by atoms with van der Waals surface area (Å²) in [7, 11) is 3.06. The second-order valence-electron chi connectivity index (χ2n) is 6.79. The smallest absolute Gasteiger partial charge is 0.255 e. The van der Waals surface area contributed by atoms with Crippen LogP contribution in [0.15, 0.2) is 40.9 Å². The minimum atomic E-state index is -0.229. The number of nitrogens with one attached hydrogen (secondary N) is 1. The number of nitrogens with zero attached hydrogens (tertiary/aromatic N) is 1. The van der Waals surface area contributed by atoms with E-state index < -0.39 is 0 Å². The standard InChI is InChI=1S/C21H24BrFN2O3.ClH/c1-27-19-11-15(22)10-18(20(19)28-2)21(26)24-12-17-4-3-9-25(17)13-14-5-7-16(23)8-6-14;/h5-8,10-11,17H,3-4,9,12-13H2,1-2H3,(H,24,26);1H/t17-;/m0./s1. The van der Waals surface area contributed by atoms with Crippen LogP contribution < -0.4 is 14.8 Å². The minimum absolute atomic E-state index is 0. The molecule has 2 aromatic carbocycles. The summed E-state index contributed by atoms with van der Waals surface area (Å²) in [6.07, 6.45) is 2.09. The average molecular weight is 488 g/mol. The molecule has 0 spiro atoms. The van der Waals surface area contributed by atoms with E-state index in [0.717, 1.165) is 36.0 Å². The molecule has 0 radical (unpaired) electrons. The van der Waals surface area contributed by atoms with Crippen molar-refractivity contribution in [3.8, 4) is 11.5 Å². The third-order valence-electron chi connectivity index (χ3n) is 4.98. The SMILES string of the molecule is COc1cc(Br)cc(C(=O)NC[C@@H]2CCCN2Cc2ccc(F)cc2)c1OC.Cl. The summed E-state index contributed by atoms with van der Waals surface area (Å²) in [6.45, 7) is 2.25. The molecule has 1 heterocycles. The van der Waals surface area contributed by atoms with E-state index in [1.54, 1.807) is 12.1 Å². The Balaban J connectivity index is 0.00000300. The molecule has 5 nitrogen and oxygen atoms in total. The lowest BCUT2D eigenvalue weighted by Gasteiger charge is -2.25. The van der Waals surface area contributed by atoms with Crippen LogP contribution in [0.5, 0.6) is 11.5 Å². The predicted octanol–water partition coefficient (Wildman–Crippen LogP) is 4.42. The van der Waals surface area contributed by atoms with E-state index in [1.807, 2.05) is 12.1 Å². The number of amides is 1. The van der Waals surface area contributed by atoms with Crippen LogP contribution in [0.2, 0.25) is 0 Å². The molecule has 1 amide bonds. The van der Waals surface area contributed by atoms with Gasteiger partial charge in [-0.2, -0.15) is 0 Å². The molecule has 1 N–H and O–H groups in total. The summed E-state index contributed by atoms with van der Waals surface area (Å²) in [6, 6.07) is 10.3. The van der Waals surface area contributed by atoms with Crippen LogP contribution in [0.25, 0.3) is 0 Å². The molecule has 8 heteroatoms. The highest BCUT2D eigenvalue weighted by Crippen LogP contribution is 2.34. The van der Waals surface area contributed by atoms with Gasteiger partial charge in [-0.25, -0.2) is 4.39 Å². The third kappa shape index (κ3) is 5.84. The monoisotopic (exact) mass is 486 g/mol. The predicted molar refractivity (Wildman–Crippen MR) is 117 cm³/mol. The molecule has 3 rings (SSSR count). The Kier molecular flexibility index (Phi) is 8.74. The van der Waals surface area contributed by atoms with Gasteiger partial charge in [0.05, 0.1) is 19.8 Å². The molecule has 1 atom stereocenters. The fourth-order valence-electron chi connectivity index (χ4n) is 3.56. The molecule has 1 saturated heterocycles. The molecule has 1 aliphatic rings. The maximum Gasteiger partial charge on any atom is 0.255 e. The number of rotatable bonds is 7. The van der Waals surface area contributed by atoms with Crippen LogP contribution in [0.4, 0.5) is 4.39 Å². The number of likely N-dealkylation sites (tertiary alicyclic amines) is 1. The number of halogens is 3. The van der Waals surface area contributed by atoms with Crippen LogP contribution in [-0.2, 0) is 6.54 Å². The van der Waals surface area contributed by atoms with Gasteiger partial charge in [-0.1, -0.05) is 28.1 Å². The Morgan fingerprint density at radius 2 is 1.97 bits per heavy atom. The van der Waals surface area contributed by atoms with Gasteiger partial charge in [0, 0.05) is 23.6 Å². The molecule has 0 bridgehead atoms. The third-order valence-corrected chi connectivity index (χ3v) is 5.44. The van der Waals surface area contributed by atoms with Crippen LogP contribution in [0.1, 0.15) is 28.8 Å². The highest BCUT2D eigenvalue weighted by Gasteiger charge is 2.26. The summed E-state index contributed by atoms with van der Waals surface area (Å²) in [4.78, 5) is 15.1. The Morgan fingerprint density at radius 1 is 1.24 bits per heavy atom. The maximum atomic E-state index is 13.1. The largest absolute Gasteiger partial charge is 0.493 e. The number of carbonyl (C=O) groups excluding carboxylic acids is 1. The van der Waals surface area contributed by atoms with Crippen molar-refractivity contribution in [2.24, 2.45) is 0 Å². The van der Waals surface area contributed by atoms with Crippen molar-refractivity contribution >= 4 is 34.2 Å². The molecule has 0 unspecified atom stereocenters. The minimum Gasteiger partial charge on any atom is -0.493 e. The molecule has 1 aliphatic heterocycles. The first-order valence-electron chi connectivity index (χ1n) is 9.20. The van der Waals surface area contributed by atoms with Crippen LogP contribution >= 0.6 is 28.3 Å². The zero-order chi connectivity index (χ0) is 20.1. The molecule has 0 aromatic heterocycles.